The van der Waals surface area contributed by atoms with E-state index in [2.05, 4.69) is 5.32 Å². The Balaban J connectivity index is 1.64. The molecule has 2 heterocycles. The number of carbonyl (C=O) groups is 3. The molecule has 2 aliphatic heterocycles. The lowest BCUT2D eigenvalue weighted by Gasteiger charge is -2.34. The topological polar surface area (TPSA) is 94.2 Å². The van der Waals surface area contributed by atoms with E-state index in [1.807, 2.05) is 38.1 Å². The Labute approximate surface area is 214 Å². The minimum Gasteiger partial charge on any atom is -0.494 e. The van der Waals surface area contributed by atoms with E-state index < -0.39 is 23.7 Å². The lowest BCUT2D eigenvalue weighted by atomic mass is 9.83. The zero-order chi connectivity index (χ0) is 25.7. The van der Waals surface area contributed by atoms with Gasteiger partial charge in [0.1, 0.15) is 17.8 Å². The van der Waals surface area contributed by atoms with Crippen molar-refractivity contribution in [3.8, 4) is 5.75 Å². The van der Waals surface area contributed by atoms with Gasteiger partial charge in [-0.3, -0.25) is 9.59 Å². The van der Waals surface area contributed by atoms with Gasteiger partial charge in [-0.15, -0.1) is 0 Å². The van der Waals surface area contributed by atoms with Crippen molar-refractivity contribution in [3.05, 3.63) is 29.8 Å². The maximum absolute atomic E-state index is 14.0. The molecule has 3 aliphatic rings. The maximum atomic E-state index is 14.0. The van der Waals surface area contributed by atoms with Crippen LogP contribution in [-0.2, 0) is 30.3 Å². The fourth-order valence-electron chi connectivity index (χ4n) is 5.87. The largest absolute Gasteiger partial charge is 0.494 e. The number of hydrogen-bond donors (Lipinski definition) is 1. The second-order valence-electron chi connectivity index (χ2n) is 11.0. The first kappa shape index (κ1) is 26.5. The molecule has 1 aliphatic carbocycles. The molecule has 1 saturated carbocycles. The molecule has 2 fully saturated rings. The summed E-state index contributed by atoms with van der Waals surface area (Å²) >= 11 is 0. The average Bonchev–Trinajstić information content (AvgIpc) is 3.27. The summed E-state index contributed by atoms with van der Waals surface area (Å²) in [6.45, 7) is 4.90. The van der Waals surface area contributed by atoms with Gasteiger partial charge in [0.15, 0.2) is 0 Å². The number of benzene rings is 1. The first-order valence-electron chi connectivity index (χ1n) is 13.3. The van der Waals surface area contributed by atoms with Crippen LogP contribution in [0, 0.1) is 5.92 Å². The quantitative estimate of drug-likeness (QED) is 0.626. The van der Waals surface area contributed by atoms with Crippen molar-refractivity contribution in [2.75, 3.05) is 20.3 Å². The smallest absolute Gasteiger partial charge is 0.328 e. The van der Waals surface area contributed by atoms with Crippen LogP contribution in [0.2, 0.25) is 0 Å². The summed E-state index contributed by atoms with van der Waals surface area (Å²) < 4.78 is 17.4. The molecule has 3 atom stereocenters. The molecule has 4 rings (SSSR count). The molecule has 1 aromatic rings. The van der Waals surface area contributed by atoms with Crippen LogP contribution in [0.25, 0.3) is 0 Å². The Bertz CT molecular complexity index is 942. The molecule has 0 aromatic heterocycles. The van der Waals surface area contributed by atoms with E-state index in [1.54, 1.807) is 4.90 Å². The van der Waals surface area contributed by atoms with Crippen LogP contribution in [0.3, 0.4) is 0 Å². The van der Waals surface area contributed by atoms with Crippen molar-refractivity contribution >= 4 is 17.8 Å². The predicted molar refractivity (Wildman–Crippen MR) is 134 cm³/mol. The Morgan fingerprint density at radius 1 is 1.14 bits per heavy atom. The van der Waals surface area contributed by atoms with Gasteiger partial charge in [-0.25, -0.2) is 4.79 Å². The van der Waals surface area contributed by atoms with Gasteiger partial charge in [0.25, 0.3) is 0 Å². The number of ether oxygens (including phenoxy) is 3. The van der Waals surface area contributed by atoms with Gasteiger partial charge in [0, 0.05) is 13.0 Å². The minimum atomic E-state index is -0.717. The lowest BCUT2D eigenvalue weighted by Crippen LogP contribution is -2.55. The number of carbonyl (C=O) groups excluding carboxylic acids is 3. The fraction of sp³-hybridized carbons (Fsp3) is 0.679. The molecule has 4 bridgehead atoms. The summed E-state index contributed by atoms with van der Waals surface area (Å²) in [6.07, 6.45) is 6.77. The SMILES string of the molecule is COC(=O)[C@@H]1C[C@@H]2CN1C(=O)[C@H](C1CCCCC1)NC(=O)Cc1cccc(c1)OCCCC(C)(C)O2. The van der Waals surface area contributed by atoms with Gasteiger partial charge < -0.3 is 24.4 Å². The maximum Gasteiger partial charge on any atom is 0.328 e. The zero-order valence-electron chi connectivity index (χ0n) is 21.8. The van der Waals surface area contributed by atoms with Crippen LogP contribution >= 0.6 is 0 Å². The molecule has 1 N–H and O–H groups in total. The Morgan fingerprint density at radius 2 is 1.92 bits per heavy atom. The molecule has 1 aromatic carbocycles. The van der Waals surface area contributed by atoms with Gasteiger partial charge in [0.05, 0.1) is 31.8 Å². The van der Waals surface area contributed by atoms with E-state index in [1.165, 1.54) is 7.11 Å². The monoisotopic (exact) mass is 500 g/mol. The lowest BCUT2D eigenvalue weighted by molar-refractivity contribution is -0.152. The van der Waals surface area contributed by atoms with Crippen LogP contribution in [0.5, 0.6) is 5.75 Å². The highest BCUT2D eigenvalue weighted by Gasteiger charge is 2.46. The summed E-state index contributed by atoms with van der Waals surface area (Å²) in [5.41, 5.74) is 0.391. The summed E-state index contributed by atoms with van der Waals surface area (Å²) in [5, 5.41) is 3.05. The van der Waals surface area contributed by atoms with Crippen LogP contribution in [0.15, 0.2) is 24.3 Å². The Kier molecular flexibility index (Phi) is 8.54. The highest BCUT2D eigenvalue weighted by Crippen LogP contribution is 2.32. The summed E-state index contributed by atoms with van der Waals surface area (Å²) in [7, 11) is 1.34. The molecule has 8 nitrogen and oxygen atoms in total. The van der Waals surface area contributed by atoms with Crippen molar-refractivity contribution < 1.29 is 28.6 Å². The number of amides is 2. The van der Waals surface area contributed by atoms with E-state index in [9.17, 15) is 14.4 Å². The van der Waals surface area contributed by atoms with Crippen molar-refractivity contribution in [2.45, 2.75) is 95.4 Å². The number of rotatable bonds is 2. The van der Waals surface area contributed by atoms with E-state index in [-0.39, 0.29) is 30.3 Å². The predicted octanol–water partition coefficient (Wildman–Crippen LogP) is 3.40. The molecule has 0 unspecified atom stereocenters. The van der Waals surface area contributed by atoms with Crippen LogP contribution in [0.1, 0.15) is 70.8 Å². The van der Waals surface area contributed by atoms with E-state index in [0.717, 1.165) is 56.3 Å². The Morgan fingerprint density at radius 3 is 2.67 bits per heavy atom. The Hall–Kier alpha value is -2.61. The standard InChI is InChI=1S/C28H40N2O6/c1-28(2)13-8-14-35-21-12-7-9-19(15-21)16-24(31)29-25(20-10-5-4-6-11-20)26(32)30-18-22(36-28)17-23(30)27(33)34-3/h7,9,12,15,20,22-23,25H,4-6,8,10-11,13-14,16-18H2,1-3H3,(H,29,31)/t22-,23+,25+/m1/s1. The number of methoxy groups -OCH3 is 1. The molecule has 0 spiro atoms. The van der Waals surface area contributed by atoms with Gasteiger partial charge in [-0.05, 0) is 63.1 Å². The molecular weight excluding hydrogens is 460 g/mol. The van der Waals surface area contributed by atoms with Gasteiger partial charge >= 0.3 is 5.97 Å². The molecule has 1 saturated heterocycles. The molecule has 8 heteroatoms. The van der Waals surface area contributed by atoms with Crippen molar-refractivity contribution in [3.63, 3.8) is 0 Å². The normalized spacial score (nSPS) is 28.1. The third-order valence-electron chi connectivity index (χ3n) is 7.66. The third kappa shape index (κ3) is 6.58. The number of esters is 1. The van der Waals surface area contributed by atoms with Gasteiger partial charge in [-0.1, -0.05) is 31.4 Å². The zero-order valence-corrected chi connectivity index (χ0v) is 21.8. The average molecular weight is 501 g/mol. The second-order valence-corrected chi connectivity index (χ2v) is 11.0. The third-order valence-corrected chi connectivity index (χ3v) is 7.66. The minimum absolute atomic E-state index is 0.0432. The van der Waals surface area contributed by atoms with E-state index in [0.29, 0.717) is 19.6 Å². The molecule has 0 radical (unpaired) electrons. The summed E-state index contributed by atoms with van der Waals surface area (Å²) in [4.78, 5) is 41.4. The number of hydrogen-bond acceptors (Lipinski definition) is 6. The highest BCUT2D eigenvalue weighted by atomic mass is 16.5. The van der Waals surface area contributed by atoms with Crippen molar-refractivity contribution in [2.24, 2.45) is 5.92 Å². The highest BCUT2D eigenvalue weighted by molar-refractivity contribution is 5.92. The van der Waals surface area contributed by atoms with Crippen molar-refractivity contribution in [1.29, 1.82) is 0 Å². The number of fused-ring (bicyclic) bond motifs is 4. The first-order chi connectivity index (χ1) is 17.3. The van der Waals surface area contributed by atoms with Crippen LogP contribution in [0.4, 0.5) is 0 Å². The molecule has 198 valence electrons. The van der Waals surface area contributed by atoms with Crippen LogP contribution < -0.4 is 10.1 Å². The summed E-state index contributed by atoms with van der Waals surface area (Å²) in [6, 6.07) is 6.17. The second kappa shape index (κ2) is 11.6. The molecule has 2 amide bonds. The molecule has 36 heavy (non-hydrogen) atoms. The summed E-state index contributed by atoms with van der Waals surface area (Å²) in [5.74, 6) is -0.0873. The fourth-order valence-corrected chi connectivity index (χ4v) is 5.87. The van der Waals surface area contributed by atoms with Gasteiger partial charge in [-0.2, -0.15) is 0 Å². The first-order valence-corrected chi connectivity index (χ1v) is 13.3. The van der Waals surface area contributed by atoms with E-state index in [4.69, 9.17) is 14.2 Å². The van der Waals surface area contributed by atoms with E-state index >= 15 is 0 Å². The van der Waals surface area contributed by atoms with Gasteiger partial charge in [0.2, 0.25) is 11.8 Å². The van der Waals surface area contributed by atoms with Crippen LogP contribution in [-0.4, -0.2) is 66.7 Å². The molecular formula is C28H40N2O6. The number of nitrogens with one attached hydrogen (secondary N) is 1. The number of nitrogens with zero attached hydrogens (tertiary/aromatic N) is 1. The van der Waals surface area contributed by atoms with Crippen molar-refractivity contribution in [1.82, 2.24) is 10.2 Å².